The van der Waals surface area contributed by atoms with Gasteiger partial charge < -0.3 is 19.6 Å². The van der Waals surface area contributed by atoms with Crippen molar-refractivity contribution in [1.82, 2.24) is 9.80 Å². The Morgan fingerprint density at radius 2 is 1.76 bits per heavy atom. The van der Waals surface area contributed by atoms with Crippen molar-refractivity contribution in [3.05, 3.63) is 0 Å². The minimum Gasteiger partial charge on any atom is -0.481 e. The number of ether oxygens (including phenoxy) is 1. The number of aliphatic carboxylic acids is 1. The van der Waals surface area contributed by atoms with Crippen molar-refractivity contribution in [3.63, 3.8) is 0 Å². The van der Waals surface area contributed by atoms with Gasteiger partial charge in [-0.05, 0) is 37.5 Å². The van der Waals surface area contributed by atoms with Crippen LogP contribution in [0.4, 0.5) is 4.79 Å². The zero-order valence-corrected chi connectivity index (χ0v) is 12.8. The summed E-state index contributed by atoms with van der Waals surface area (Å²) in [7, 11) is 1.86. The highest BCUT2D eigenvalue weighted by molar-refractivity contribution is 5.74. The van der Waals surface area contributed by atoms with Crippen LogP contribution in [0.5, 0.6) is 0 Å². The predicted molar refractivity (Wildman–Crippen MR) is 78.1 cm³/mol. The van der Waals surface area contributed by atoms with Gasteiger partial charge in [-0.25, -0.2) is 4.79 Å². The van der Waals surface area contributed by atoms with Crippen LogP contribution in [0.15, 0.2) is 0 Å². The Labute approximate surface area is 126 Å². The van der Waals surface area contributed by atoms with Crippen LogP contribution in [0.1, 0.15) is 32.1 Å². The van der Waals surface area contributed by atoms with Crippen LogP contribution in [0.3, 0.4) is 0 Å². The normalized spacial score (nSPS) is 21.3. The van der Waals surface area contributed by atoms with Crippen LogP contribution < -0.4 is 0 Å². The Hall–Kier alpha value is -1.30. The number of carbonyl (C=O) groups is 2. The van der Waals surface area contributed by atoms with E-state index in [1.54, 1.807) is 0 Å². The summed E-state index contributed by atoms with van der Waals surface area (Å²) in [5.41, 5.74) is 0. The first-order chi connectivity index (χ1) is 10.1. The van der Waals surface area contributed by atoms with Crippen molar-refractivity contribution >= 4 is 12.0 Å². The summed E-state index contributed by atoms with van der Waals surface area (Å²) in [4.78, 5) is 26.8. The summed E-state index contributed by atoms with van der Waals surface area (Å²) in [5, 5.41) is 8.81. The van der Waals surface area contributed by atoms with E-state index >= 15 is 0 Å². The van der Waals surface area contributed by atoms with Crippen molar-refractivity contribution < 1.29 is 19.4 Å². The van der Waals surface area contributed by atoms with E-state index < -0.39 is 5.97 Å². The number of hydrogen-bond acceptors (Lipinski definition) is 3. The molecule has 120 valence electrons. The number of likely N-dealkylation sites (tertiary alicyclic amines) is 1. The van der Waals surface area contributed by atoms with E-state index in [-0.39, 0.29) is 18.4 Å². The molecule has 21 heavy (non-hydrogen) atoms. The lowest BCUT2D eigenvalue weighted by Crippen LogP contribution is -2.47. The Bertz CT molecular complexity index is 361. The van der Waals surface area contributed by atoms with Crippen molar-refractivity contribution in [2.24, 2.45) is 11.8 Å². The van der Waals surface area contributed by atoms with E-state index in [0.29, 0.717) is 19.0 Å². The quantitative estimate of drug-likeness (QED) is 0.857. The minimum atomic E-state index is -0.739. The summed E-state index contributed by atoms with van der Waals surface area (Å²) in [6, 6.07) is 0.0790. The van der Waals surface area contributed by atoms with Gasteiger partial charge in [0.05, 0.1) is 0 Å². The van der Waals surface area contributed by atoms with E-state index in [9.17, 15) is 9.59 Å². The molecule has 6 nitrogen and oxygen atoms in total. The lowest BCUT2D eigenvalue weighted by Gasteiger charge is -2.35. The van der Waals surface area contributed by atoms with Crippen molar-refractivity contribution in [2.75, 3.05) is 39.9 Å². The molecule has 2 amide bonds. The Morgan fingerprint density at radius 1 is 1.14 bits per heavy atom. The molecule has 0 radical (unpaired) electrons. The molecule has 0 aromatic rings. The molecule has 2 aliphatic heterocycles. The fourth-order valence-corrected chi connectivity index (χ4v) is 3.21. The fourth-order valence-electron chi connectivity index (χ4n) is 3.21. The topological polar surface area (TPSA) is 70.1 Å². The smallest absolute Gasteiger partial charge is 0.319 e. The third kappa shape index (κ3) is 4.88. The van der Waals surface area contributed by atoms with E-state index in [2.05, 4.69) is 0 Å². The lowest BCUT2D eigenvalue weighted by molar-refractivity contribution is -0.138. The molecule has 0 spiro atoms. The molecule has 0 saturated carbocycles. The van der Waals surface area contributed by atoms with Crippen molar-refractivity contribution in [3.8, 4) is 0 Å². The zero-order chi connectivity index (χ0) is 15.2. The van der Waals surface area contributed by atoms with Crippen molar-refractivity contribution in [1.29, 1.82) is 0 Å². The highest BCUT2D eigenvalue weighted by atomic mass is 16.5. The monoisotopic (exact) mass is 298 g/mol. The second-order valence-electron chi connectivity index (χ2n) is 6.25. The number of amides is 2. The largest absolute Gasteiger partial charge is 0.481 e. The minimum absolute atomic E-state index is 0.0790. The lowest BCUT2D eigenvalue weighted by atomic mass is 9.94. The molecule has 0 bridgehead atoms. The third-order valence-corrected chi connectivity index (χ3v) is 4.55. The van der Waals surface area contributed by atoms with Gasteiger partial charge in [0.2, 0.25) is 0 Å². The van der Waals surface area contributed by atoms with Crippen LogP contribution in [0.2, 0.25) is 0 Å². The van der Waals surface area contributed by atoms with Crippen LogP contribution >= 0.6 is 0 Å². The maximum Gasteiger partial charge on any atom is 0.319 e. The average Bonchev–Trinajstić information content (AvgIpc) is 2.47. The zero-order valence-electron chi connectivity index (χ0n) is 12.8. The number of urea groups is 1. The predicted octanol–water partition coefficient (Wildman–Crippen LogP) is 1.65. The van der Waals surface area contributed by atoms with Gasteiger partial charge in [-0.2, -0.15) is 0 Å². The summed E-state index contributed by atoms with van der Waals surface area (Å²) in [6.07, 6.45) is 3.86. The first-order valence-electron chi connectivity index (χ1n) is 7.86. The molecule has 0 unspecified atom stereocenters. The van der Waals surface area contributed by atoms with Crippen LogP contribution in [-0.2, 0) is 9.53 Å². The van der Waals surface area contributed by atoms with Gasteiger partial charge in [-0.15, -0.1) is 0 Å². The van der Waals surface area contributed by atoms with Crippen molar-refractivity contribution in [2.45, 2.75) is 32.1 Å². The molecule has 2 fully saturated rings. The fraction of sp³-hybridized carbons (Fsp3) is 0.867. The molecule has 0 aromatic heterocycles. The van der Waals surface area contributed by atoms with E-state index in [1.165, 1.54) is 0 Å². The van der Waals surface area contributed by atoms with Gasteiger partial charge in [0.1, 0.15) is 0 Å². The highest BCUT2D eigenvalue weighted by Crippen LogP contribution is 2.22. The summed E-state index contributed by atoms with van der Waals surface area (Å²) in [6.45, 7) is 3.74. The SMILES string of the molecule is CN(CC1CCOCC1)C(=O)N1CCC(CC(=O)O)CC1. The average molecular weight is 298 g/mol. The van der Waals surface area contributed by atoms with Gasteiger partial charge in [0.15, 0.2) is 0 Å². The first kappa shape index (κ1) is 16.1. The highest BCUT2D eigenvalue weighted by Gasteiger charge is 2.27. The molecule has 2 heterocycles. The number of carboxylic acids is 1. The van der Waals surface area contributed by atoms with E-state index in [1.807, 2.05) is 16.8 Å². The number of carboxylic acid groups (broad SMARTS) is 1. The molecule has 2 saturated heterocycles. The number of hydrogen-bond donors (Lipinski definition) is 1. The molecular weight excluding hydrogens is 272 g/mol. The van der Waals surface area contributed by atoms with Gasteiger partial charge in [-0.1, -0.05) is 0 Å². The molecular formula is C15H26N2O4. The molecule has 2 rings (SSSR count). The molecule has 0 atom stereocenters. The Kier molecular flexibility index (Phi) is 5.85. The maximum atomic E-state index is 12.4. The van der Waals surface area contributed by atoms with Gasteiger partial charge in [0, 0.05) is 46.3 Å². The number of nitrogens with zero attached hydrogens (tertiary/aromatic N) is 2. The van der Waals surface area contributed by atoms with Gasteiger partial charge in [0.25, 0.3) is 0 Å². The molecule has 6 heteroatoms. The Balaban J connectivity index is 1.74. The number of rotatable bonds is 4. The second kappa shape index (κ2) is 7.64. The van der Waals surface area contributed by atoms with Crippen LogP contribution in [0, 0.1) is 11.8 Å². The van der Waals surface area contributed by atoms with Gasteiger partial charge >= 0.3 is 12.0 Å². The maximum absolute atomic E-state index is 12.4. The third-order valence-electron chi connectivity index (χ3n) is 4.55. The van der Waals surface area contributed by atoms with Crippen LogP contribution in [0.25, 0.3) is 0 Å². The molecule has 2 aliphatic rings. The molecule has 0 aromatic carbocycles. The first-order valence-corrected chi connectivity index (χ1v) is 7.86. The van der Waals surface area contributed by atoms with Gasteiger partial charge in [-0.3, -0.25) is 4.79 Å². The second-order valence-corrected chi connectivity index (χ2v) is 6.25. The number of piperidine rings is 1. The van der Waals surface area contributed by atoms with E-state index in [4.69, 9.17) is 9.84 Å². The number of carbonyl (C=O) groups excluding carboxylic acids is 1. The summed E-state index contributed by atoms with van der Waals surface area (Å²) in [5.74, 6) is 0.0148. The molecule has 0 aliphatic carbocycles. The summed E-state index contributed by atoms with van der Waals surface area (Å²) < 4.78 is 5.34. The van der Waals surface area contributed by atoms with Crippen LogP contribution in [-0.4, -0.2) is 66.8 Å². The van der Waals surface area contributed by atoms with E-state index in [0.717, 1.165) is 45.4 Å². The standard InChI is InChI=1S/C15H26N2O4/c1-16(11-13-4-8-21-9-5-13)15(20)17-6-2-12(3-7-17)10-14(18)19/h12-13H,2-11H2,1H3,(H,18,19). The summed E-state index contributed by atoms with van der Waals surface area (Å²) >= 11 is 0. The molecule has 1 N–H and O–H groups in total. The Morgan fingerprint density at radius 3 is 2.33 bits per heavy atom.